The minimum atomic E-state index is -4.48. The second-order valence-electron chi connectivity index (χ2n) is 2.52. The number of pyridine rings is 1. The van der Waals surface area contributed by atoms with Crippen LogP contribution in [0.5, 0.6) is 0 Å². The molecule has 0 N–H and O–H groups in total. The summed E-state index contributed by atoms with van der Waals surface area (Å²) in [5.74, 6) is 0. The molecule has 0 bridgehead atoms. The van der Waals surface area contributed by atoms with Crippen molar-refractivity contribution < 1.29 is 13.2 Å². The Morgan fingerprint density at radius 3 is 2.57 bits per heavy atom. The third kappa shape index (κ3) is 2.70. The van der Waals surface area contributed by atoms with Crippen molar-refractivity contribution in [2.24, 2.45) is 0 Å². The quantitative estimate of drug-likeness (QED) is 0.732. The van der Waals surface area contributed by atoms with Crippen LogP contribution >= 0.6 is 15.9 Å². The molecule has 1 aromatic rings. The maximum absolute atomic E-state index is 12.2. The van der Waals surface area contributed by atoms with Gasteiger partial charge in [-0.05, 0) is 33.6 Å². The van der Waals surface area contributed by atoms with Crippen LogP contribution in [0.2, 0.25) is 0 Å². The van der Waals surface area contributed by atoms with Gasteiger partial charge in [0.1, 0.15) is 10.3 Å². The molecule has 0 unspecified atom stereocenters. The molecule has 0 aromatic carbocycles. The average molecular weight is 265 g/mol. The Morgan fingerprint density at radius 2 is 2.07 bits per heavy atom. The fourth-order valence-corrected chi connectivity index (χ4v) is 1.37. The van der Waals surface area contributed by atoms with Crippen molar-refractivity contribution in [3.8, 4) is 6.07 Å². The summed E-state index contributed by atoms with van der Waals surface area (Å²) < 4.78 is 36.7. The van der Waals surface area contributed by atoms with Gasteiger partial charge < -0.3 is 0 Å². The lowest BCUT2D eigenvalue weighted by molar-refractivity contribution is -0.141. The molecule has 1 rings (SSSR count). The summed E-state index contributed by atoms with van der Waals surface area (Å²) in [6, 6.07) is 4.03. The Hall–Kier alpha value is -1.09. The van der Waals surface area contributed by atoms with Gasteiger partial charge in [-0.3, -0.25) is 0 Å². The number of alkyl halides is 3. The predicted molar refractivity (Wildman–Crippen MR) is 46.3 cm³/mol. The third-order valence-electron chi connectivity index (χ3n) is 1.43. The van der Waals surface area contributed by atoms with Crippen LogP contribution in [0.15, 0.2) is 16.7 Å². The zero-order valence-corrected chi connectivity index (χ0v) is 8.35. The molecule has 0 fully saturated rings. The SMILES string of the molecule is N#CCc1cc(Br)nc(C(F)(F)F)c1. The van der Waals surface area contributed by atoms with Crippen molar-refractivity contribution in [2.45, 2.75) is 12.6 Å². The first-order chi connectivity index (χ1) is 6.43. The summed E-state index contributed by atoms with van der Waals surface area (Å²) in [5.41, 5.74) is -0.696. The molecule has 0 saturated carbocycles. The first kappa shape index (κ1) is 11.0. The molecule has 0 atom stereocenters. The fourth-order valence-electron chi connectivity index (χ4n) is 0.888. The van der Waals surface area contributed by atoms with E-state index in [1.807, 2.05) is 0 Å². The van der Waals surface area contributed by atoms with Crippen molar-refractivity contribution in [1.29, 1.82) is 5.26 Å². The van der Waals surface area contributed by atoms with Crippen LogP contribution in [0.3, 0.4) is 0 Å². The van der Waals surface area contributed by atoms with Crippen LogP contribution in [0.25, 0.3) is 0 Å². The monoisotopic (exact) mass is 264 g/mol. The summed E-state index contributed by atoms with van der Waals surface area (Å²) in [7, 11) is 0. The molecule has 14 heavy (non-hydrogen) atoms. The highest BCUT2D eigenvalue weighted by Crippen LogP contribution is 2.29. The molecule has 0 aliphatic rings. The Bertz CT molecular complexity index is 381. The molecule has 0 amide bonds. The van der Waals surface area contributed by atoms with E-state index >= 15 is 0 Å². The van der Waals surface area contributed by atoms with E-state index in [2.05, 4.69) is 20.9 Å². The van der Waals surface area contributed by atoms with E-state index in [-0.39, 0.29) is 11.0 Å². The van der Waals surface area contributed by atoms with Gasteiger partial charge in [0, 0.05) is 0 Å². The van der Waals surface area contributed by atoms with Crippen molar-refractivity contribution >= 4 is 15.9 Å². The van der Waals surface area contributed by atoms with E-state index in [0.29, 0.717) is 5.56 Å². The van der Waals surface area contributed by atoms with Gasteiger partial charge in [-0.2, -0.15) is 18.4 Å². The number of rotatable bonds is 1. The molecule has 1 aromatic heterocycles. The number of aromatic nitrogens is 1. The highest BCUT2D eigenvalue weighted by molar-refractivity contribution is 9.10. The van der Waals surface area contributed by atoms with Crippen molar-refractivity contribution in [3.05, 3.63) is 28.0 Å². The minimum Gasteiger partial charge on any atom is -0.236 e. The standard InChI is InChI=1S/C8H4BrF3N2/c9-7-4-5(1-2-13)3-6(14-7)8(10,11)12/h3-4H,1H2. The summed E-state index contributed by atoms with van der Waals surface area (Å²) in [5, 5.41) is 8.34. The van der Waals surface area contributed by atoms with Gasteiger partial charge in [0.2, 0.25) is 0 Å². The van der Waals surface area contributed by atoms with E-state index in [4.69, 9.17) is 5.26 Å². The number of hydrogen-bond donors (Lipinski definition) is 0. The molecular formula is C8H4BrF3N2. The molecule has 0 radical (unpaired) electrons. The van der Waals surface area contributed by atoms with E-state index in [0.717, 1.165) is 6.07 Å². The van der Waals surface area contributed by atoms with E-state index in [1.165, 1.54) is 6.07 Å². The maximum atomic E-state index is 12.2. The summed E-state index contributed by atoms with van der Waals surface area (Å²) >= 11 is 2.85. The molecule has 0 aliphatic carbocycles. The van der Waals surface area contributed by atoms with Gasteiger partial charge in [-0.15, -0.1) is 0 Å². The summed E-state index contributed by atoms with van der Waals surface area (Å²) in [4.78, 5) is 3.27. The Balaban J connectivity index is 3.15. The van der Waals surface area contributed by atoms with Crippen molar-refractivity contribution in [3.63, 3.8) is 0 Å². The Labute approximate surface area is 86.5 Å². The lowest BCUT2D eigenvalue weighted by Crippen LogP contribution is -2.08. The highest BCUT2D eigenvalue weighted by atomic mass is 79.9. The van der Waals surface area contributed by atoms with Gasteiger partial charge in [-0.1, -0.05) is 0 Å². The van der Waals surface area contributed by atoms with Gasteiger partial charge >= 0.3 is 6.18 Å². The third-order valence-corrected chi connectivity index (χ3v) is 1.83. The summed E-state index contributed by atoms with van der Waals surface area (Å²) in [6.45, 7) is 0. The topological polar surface area (TPSA) is 36.7 Å². The molecule has 0 spiro atoms. The Kier molecular flexibility index (Phi) is 3.11. The Morgan fingerprint density at radius 1 is 1.43 bits per heavy atom. The van der Waals surface area contributed by atoms with Crippen molar-refractivity contribution in [1.82, 2.24) is 4.98 Å². The predicted octanol–water partition coefficient (Wildman–Crippen LogP) is 2.93. The number of nitriles is 1. The molecular weight excluding hydrogens is 261 g/mol. The fraction of sp³-hybridized carbons (Fsp3) is 0.250. The van der Waals surface area contributed by atoms with Crippen LogP contribution in [0, 0.1) is 11.3 Å². The zero-order valence-electron chi connectivity index (χ0n) is 6.77. The van der Waals surface area contributed by atoms with Gasteiger partial charge in [-0.25, -0.2) is 4.98 Å². The average Bonchev–Trinajstić information content (AvgIpc) is 2.02. The molecule has 0 aliphatic heterocycles. The first-order valence-corrected chi connectivity index (χ1v) is 4.33. The van der Waals surface area contributed by atoms with Gasteiger partial charge in [0.15, 0.2) is 0 Å². The number of nitrogens with zero attached hydrogens (tertiary/aromatic N) is 2. The highest BCUT2D eigenvalue weighted by Gasteiger charge is 2.32. The second kappa shape index (κ2) is 3.96. The molecule has 6 heteroatoms. The van der Waals surface area contributed by atoms with Crippen LogP contribution in [-0.2, 0) is 12.6 Å². The number of halogens is 4. The van der Waals surface area contributed by atoms with Gasteiger partial charge in [0.05, 0.1) is 12.5 Å². The molecule has 74 valence electrons. The minimum absolute atomic E-state index is 0.0653. The number of hydrogen-bond acceptors (Lipinski definition) is 2. The van der Waals surface area contributed by atoms with Gasteiger partial charge in [0.25, 0.3) is 0 Å². The lowest BCUT2D eigenvalue weighted by Gasteiger charge is -2.07. The normalized spacial score (nSPS) is 11.1. The first-order valence-electron chi connectivity index (χ1n) is 3.54. The molecule has 1 heterocycles. The zero-order chi connectivity index (χ0) is 10.8. The smallest absolute Gasteiger partial charge is 0.236 e. The van der Waals surface area contributed by atoms with Crippen molar-refractivity contribution in [2.75, 3.05) is 0 Å². The largest absolute Gasteiger partial charge is 0.433 e. The second-order valence-corrected chi connectivity index (χ2v) is 3.33. The van der Waals surface area contributed by atoms with Crippen LogP contribution < -0.4 is 0 Å². The molecule has 2 nitrogen and oxygen atoms in total. The van der Waals surface area contributed by atoms with Crippen LogP contribution in [-0.4, -0.2) is 4.98 Å². The maximum Gasteiger partial charge on any atom is 0.433 e. The van der Waals surface area contributed by atoms with E-state index in [1.54, 1.807) is 6.07 Å². The van der Waals surface area contributed by atoms with Crippen LogP contribution in [0.4, 0.5) is 13.2 Å². The van der Waals surface area contributed by atoms with E-state index in [9.17, 15) is 13.2 Å². The van der Waals surface area contributed by atoms with E-state index < -0.39 is 11.9 Å². The lowest BCUT2D eigenvalue weighted by atomic mass is 10.2. The molecule has 0 saturated heterocycles. The van der Waals surface area contributed by atoms with Crippen LogP contribution in [0.1, 0.15) is 11.3 Å². The summed E-state index contributed by atoms with van der Waals surface area (Å²) in [6.07, 6.45) is -4.54.